The first-order chi connectivity index (χ1) is 9.96. The number of sulfonamides is 1. The molecule has 0 amide bonds. The van der Waals surface area contributed by atoms with Crippen molar-refractivity contribution in [2.24, 2.45) is 0 Å². The molecule has 0 unspecified atom stereocenters. The van der Waals surface area contributed by atoms with Crippen molar-refractivity contribution in [2.45, 2.75) is 17.9 Å². The quantitative estimate of drug-likeness (QED) is 0.825. The van der Waals surface area contributed by atoms with Gasteiger partial charge in [-0.2, -0.15) is 4.31 Å². The SMILES string of the molecule is Nc1ccc2c(c1)CN(S(=O)(=O)c1cncc(Br)c1)CC2. The average molecular weight is 368 g/mol. The Morgan fingerprint density at radius 2 is 2.00 bits per heavy atom. The molecular formula is C14H14BrN3O2S. The van der Waals surface area contributed by atoms with Crippen LogP contribution in [0.15, 0.2) is 46.0 Å². The highest BCUT2D eigenvalue weighted by Gasteiger charge is 2.28. The van der Waals surface area contributed by atoms with Crippen LogP contribution in [0.2, 0.25) is 0 Å². The van der Waals surface area contributed by atoms with Gasteiger partial charge in [-0.25, -0.2) is 8.42 Å². The number of rotatable bonds is 2. The van der Waals surface area contributed by atoms with Gasteiger partial charge in [0, 0.05) is 35.6 Å². The number of hydrogen-bond donors (Lipinski definition) is 1. The van der Waals surface area contributed by atoms with Gasteiger partial charge in [-0.1, -0.05) is 6.07 Å². The Bertz CT molecular complexity index is 793. The van der Waals surface area contributed by atoms with Gasteiger partial charge in [-0.3, -0.25) is 4.98 Å². The molecule has 3 rings (SSSR count). The first-order valence-electron chi connectivity index (χ1n) is 6.45. The molecule has 0 fully saturated rings. The first-order valence-corrected chi connectivity index (χ1v) is 8.68. The van der Waals surface area contributed by atoms with Crippen LogP contribution in [0.3, 0.4) is 0 Å². The Labute approximate surface area is 132 Å². The Kier molecular flexibility index (Phi) is 3.73. The molecule has 2 heterocycles. The summed E-state index contributed by atoms with van der Waals surface area (Å²) in [5, 5.41) is 0. The van der Waals surface area contributed by atoms with Crippen molar-refractivity contribution in [1.82, 2.24) is 9.29 Å². The van der Waals surface area contributed by atoms with Crippen molar-refractivity contribution < 1.29 is 8.42 Å². The van der Waals surface area contributed by atoms with Crippen LogP contribution in [0.25, 0.3) is 0 Å². The van der Waals surface area contributed by atoms with E-state index >= 15 is 0 Å². The molecule has 0 radical (unpaired) electrons. The zero-order valence-electron chi connectivity index (χ0n) is 11.2. The van der Waals surface area contributed by atoms with Gasteiger partial charge in [0.25, 0.3) is 0 Å². The first kappa shape index (κ1) is 14.5. The fourth-order valence-corrected chi connectivity index (χ4v) is 4.36. The van der Waals surface area contributed by atoms with Crippen LogP contribution < -0.4 is 5.73 Å². The fraction of sp³-hybridized carbons (Fsp3) is 0.214. The molecule has 0 bridgehead atoms. The predicted octanol–water partition coefficient (Wildman–Crippen LogP) is 2.17. The molecule has 1 aromatic heterocycles. The van der Waals surface area contributed by atoms with Crippen LogP contribution >= 0.6 is 15.9 Å². The van der Waals surface area contributed by atoms with Gasteiger partial charge < -0.3 is 5.73 Å². The van der Waals surface area contributed by atoms with E-state index in [9.17, 15) is 8.42 Å². The molecule has 1 aromatic carbocycles. The Balaban J connectivity index is 1.95. The topological polar surface area (TPSA) is 76.3 Å². The second kappa shape index (κ2) is 5.40. The molecular weight excluding hydrogens is 354 g/mol. The van der Waals surface area contributed by atoms with E-state index in [4.69, 9.17) is 5.73 Å². The maximum atomic E-state index is 12.7. The zero-order valence-corrected chi connectivity index (χ0v) is 13.6. The minimum Gasteiger partial charge on any atom is -0.399 e. The lowest BCUT2D eigenvalue weighted by atomic mass is 10.0. The Morgan fingerprint density at radius 3 is 2.76 bits per heavy atom. The molecule has 1 aliphatic heterocycles. The summed E-state index contributed by atoms with van der Waals surface area (Å²) in [6.45, 7) is 0.807. The third-order valence-electron chi connectivity index (χ3n) is 3.53. The largest absolute Gasteiger partial charge is 0.399 e. The molecule has 2 N–H and O–H groups in total. The molecule has 0 saturated carbocycles. The second-order valence-electron chi connectivity index (χ2n) is 4.96. The number of pyridine rings is 1. The Hall–Kier alpha value is -1.44. The lowest BCUT2D eigenvalue weighted by molar-refractivity contribution is 0.391. The highest BCUT2D eigenvalue weighted by molar-refractivity contribution is 9.10. The summed E-state index contributed by atoms with van der Waals surface area (Å²) in [6.07, 6.45) is 3.62. The molecule has 110 valence electrons. The maximum Gasteiger partial charge on any atom is 0.244 e. The average Bonchev–Trinajstić information content (AvgIpc) is 2.46. The second-order valence-corrected chi connectivity index (χ2v) is 7.81. The van der Waals surface area contributed by atoms with Gasteiger partial charge >= 0.3 is 0 Å². The smallest absolute Gasteiger partial charge is 0.244 e. The van der Waals surface area contributed by atoms with Crippen LogP contribution in [-0.2, 0) is 23.0 Å². The maximum absolute atomic E-state index is 12.7. The summed E-state index contributed by atoms with van der Waals surface area (Å²) in [4.78, 5) is 4.13. The van der Waals surface area contributed by atoms with Crippen molar-refractivity contribution in [3.8, 4) is 0 Å². The third kappa shape index (κ3) is 2.81. The molecule has 0 aliphatic carbocycles. The van der Waals surface area contributed by atoms with Crippen LogP contribution in [-0.4, -0.2) is 24.3 Å². The number of hydrogen-bond acceptors (Lipinski definition) is 4. The summed E-state index contributed by atoms with van der Waals surface area (Å²) < 4.78 is 27.5. The van der Waals surface area contributed by atoms with Gasteiger partial charge in [0.2, 0.25) is 10.0 Å². The highest BCUT2D eigenvalue weighted by Crippen LogP contribution is 2.26. The van der Waals surface area contributed by atoms with E-state index in [2.05, 4.69) is 20.9 Å². The highest BCUT2D eigenvalue weighted by atomic mass is 79.9. The monoisotopic (exact) mass is 367 g/mol. The molecule has 2 aromatic rings. The van der Waals surface area contributed by atoms with E-state index in [-0.39, 0.29) is 4.90 Å². The number of halogens is 1. The molecule has 0 atom stereocenters. The van der Waals surface area contributed by atoms with Crippen LogP contribution in [0, 0.1) is 0 Å². The number of aromatic nitrogens is 1. The summed E-state index contributed by atoms with van der Waals surface area (Å²) in [5.41, 5.74) is 8.55. The van der Waals surface area contributed by atoms with E-state index in [0.717, 1.165) is 11.1 Å². The van der Waals surface area contributed by atoms with E-state index in [1.54, 1.807) is 12.3 Å². The number of nitrogens with two attached hydrogens (primary N) is 1. The minimum absolute atomic E-state index is 0.198. The number of nitrogen functional groups attached to an aromatic ring is 1. The molecule has 5 nitrogen and oxygen atoms in total. The normalized spacial score (nSPS) is 15.7. The standard InChI is InChI=1S/C14H14BrN3O2S/c15-12-6-14(8-17-7-12)21(19,20)18-4-3-10-1-2-13(16)5-11(10)9-18/h1-2,5-8H,3-4,9,16H2. The van der Waals surface area contributed by atoms with Crippen LogP contribution in [0.5, 0.6) is 0 Å². The molecule has 7 heteroatoms. The van der Waals surface area contributed by atoms with Crippen molar-refractivity contribution in [2.75, 3.05) is 12.3 Å². The molecule has 21 heavy (non-hydrogen) atoms. The van der Waals surface area contributed by atoms with Crippen molar-refractivity contribution in [1.29, 1.82) is 0 Å². The third-order valence-corrected chi connectivity index (χ3v) is 5.77. The number of anilines is 1. The van der Waals surface area contributed by atoms with E-state index in [1.807, 2.05) is 18.2 Å². The minimum atomic E-state index is -3.54. The summed E-state index contributed by atoms with van der Waals surface area (Å²) in [6, 6.07) is 7.23. The Morgan fingerprint density at radius 1 is 1.19 bits per heavy atom. The van der Waals surface area contributed by atoms with Crippen LogP contribution in [0.1, 0.15) is 11.1 Å². The summed E-state index contributed by atoms with van der Waals surface area (Å²) in [5.74, 6) is 0. The molecule has 1 aliphatic rings. The van der Waals surface area contributed by atoms with Gasteiger partial charge in [0.15, 0.2) is 0 Å². The van der Waals surface area contributed by atoms with Crippen molar-refractivity contribution in [3.05, 3.63) is 52.3 Å². The number of fused-ring (bicyclic) bond motifs is 1. The zero-order chi connectivity index (χ0) is 15.0. The van der Waals surface area contributed by atoms with Gasteiger partial charge in [0.1, 0.15) is 4.90 Å². The van der Waals surface area contributed by atoms with E-state index in [0.29, 0.717) is 29.7 Å². The molecule has 0 saturated heterocycles. The molecule has 0 spiro atoms. The lowest BCUT2D eigenvalue weighted by Gasteiger charge is -2.28. The van der Waals surface area contributed by atoms with Gasteiger partial charge in [-0.15, -0.1) is 0 Å². The van der Waals surface area contributed by atoms with Crippen molar-refractivity contribution in [3.63, 3.8) is 0 Å². The van der Waals surface area contributed by atoms with E-state index in [1.165, 1.54) is 10.5 Å². The summed E-state index contributed by atoms with van der Waals surface area (Å²) >= 11 is 3.25. The van der Waals surface area contributed by atoms with E-state index < -0.39 is 10.0 Å². The fourth-order valence-electron chi connectivity index (χ4n) is 2.44. The summed E-state index contributed by atoms with van der Waals surface area (Å²) in [7, 11) is -3.54. The van der Waals surface area contributed by atoms with Crippen LogP contribution in [0.4, 0.5) is 5.69 Å². The van der Waals surface area contributed by atoms with Crippen molar-refractivity contribution >= 4 is 31.6 Å². The number of nitrogens with zero attached hydrogens (tertiary/aromatic N) is 2. The predicted molar refractivity (Wildman–Crippen MR) is 84.1 cm³/mol. The van der Waals surface area contributed by atoms with Gasteiger partial charge in [0.05, 0.1) is 0 Å². The lowest BCUT2D eigenvalue weighted by Crippen LogP contribution is -2.36. The van der Waals surface area contributed by atoms with Gasteiger partial charge in [-0.05, 0) is 51.7 Å². The number of benzene rings is 1.